The van der Waals surface area contributed by atoms with E-state index >= 15 is 0 Å². The Bertz CT molecular complexity index is 258. The summed E-state index contributed by atoms with van der Waals surface area (Å²) in [5, 5.41) is 7.49. The fourth-order valence-corrected chi connectivity index (χ4v) is 1.18. The van der Waals surface area contributed by atoms with Crippen LogP contribution in [-0.2, 0) is 14.5 Å². The first-order chi connectivity index (χ1) is 6.27. The summed E-state index contributed by atoms with van der Waals surface area (Å²) >= 11 is 0. The van der Waals surface area contributed by atoms with Gasteiger partial charge in [0.25, 0.3) is 0 Å². The highest BCUT2D eigenvalue weighted by molar-refractivity contribution is 6.46. The van der Waals surface area contributed by atoms with E-state index in [-0.39, 0.29) is 12.2 Å². The molecule has 0 bridgehead atoms. The van der Waals surface area contributed by atoms with Crippen molar-refractivity contribution in [3.05, 3.63) is 0 Å². The number of ketones is 1. The second kappa shape index (κ2) is 4.59. The van der Waals surface area contributed by atoms with Gasteiger partial charge >= 0.3 is 0 Å². The van der Waals surface area contributed by atoms with Crippen LogP contribution in [0.15, 0.2) is 10.3 Å². The van der Waals surface area contributed by atoms with E-state index in [0.29, 0.717) is 24.3 Å². The van der Waals surface area contributed by atoms with E-state index < -0.39 is 0 Å². The number of Topliss-reactive ketones (excluding diaryl/α,β-unsaturated/α-hetero) is 1. The molecule has 0 aromatic heterocycles. The van der Waals surface area contributed by atoms with Crippen molar-refractivity contribution in [2.45, 2.75) is 19.3 Å². The van der Waals surface area contributed by atoms with Crippen LogP contribution in [-0.4, -0.2) is 31.4 Å². The monoisotopic (exact) mass is 184 g/mol. The summed E-state index contributed by atoms with van der Waals surface area (Å²) in [6, 6.07) is 0. The maximum atomic E-state index is 11.1. The number of carbonyl (C=O) groups excluding carboxylic acids is 1. The normalized spacial score (nSPS) is 23.7. The van der Waals surface area contributed by atoms with Crippen LogP contribution in [0.4, 0.5) is 0 Å². The lowest BCUT2D eigenvalue weighted by atomic mass is 9.95. The zero-order valence-electron chi connectivity index (χ0n) is 7.74. The van der Waals surface area contributed by atoms with Crippen molar-refractivity contribution in [3.63, 3.8) is 0 Å². The van der Waals surface area contributed by atoms with Crippen LogP contribution in [0.25, 0.3) is 0 Å². The highest BCUT2D eigenvalue weighted by Crippen LogP contribution is 2.10. The van der Waals surface area contributed by atoms with E-state index in [1.165, 1.54) is 14.2 Å². The van der Waals surface area contributed by atoms with Crippen molar-refractivity contribution < 1.29 is 14.5 Å². The molecule has 1 rings (SSSR count). The molecule has 1 aliphatic rings. The Labute approximate surface area is 76.4 Å². The molecule has 0 N–H and O–H groups in total. The van der Waals surface area contributed by atoms with Gasteiger partial charge in [-0.2, -0.15) is 0 Å². The molecular weight excluding hydrogens is 172 g/mol. The molecule has 0 atom stereocenters. The summed E-state index contributed by atoms with van der Waals surface area (Å²) in [6.45, 7) is 0. The Morgan fingerprint density at radius 2 is 1.69 bits per heavy atom. The van der Waals surface area contributed by atoms with Crippen molar-refractivity contribution in [1.29, 1.82) is 0 Å². The molecular formula is C8H12N2O3. The second-order valence-electron chi connectivity index (χ2n) is 2.66. The Hall–Kier alpha value is -1.39. The smallest absolute Gasteiger partial charge is 0.139 e. The molecule has 72 valence electrons. The molecule has 1 aliphatic carbocycles. The van der Waals surface area contributed by atoms with Gasteiger partial charge in [-0.15, -0.1) is 0 Å². The predicted molar refractivity (Wildman–Crippen MR) is 47.7 cm³/mol. The summed E-state index contributed by atoms with van der Waals surface area (Å²) in [4.78, 5) is 20.3. The molecule has 1 saturated carbocycles. The molecule has 0 aromatic rings. The Morgan fingerprint density at radius 3 is 2.31 bits per heavy atom. The number of nitrogens with zero attached hydrogens (tertiary/aromatic N) is 2. The van der Waals surface area contributed by atoms with Gasteiger partial charge in [0.1, 0.15) is 31.4 Å². The molecule has 5 heteroatoms. The summed E-state index contributed by atoms with van der Waals surface area (Å²) in [7, 11) is 2.91. The topological polar surface area (TPSA) is 60.2 Å². The SMILES string of the molecule is CON=C1CCC(=O)CC1=NOC. The van der Waals surface area contributed by atoms with Gasteiger partial charge in [0.05, 0.1) is 6.42 Å². The van der Waals surface area contributed by atoms with Crippen molar-refractivity contribution in [3.8, 4) is 0 Å². The molecule has 13 heavy (non-hydrogen) atoms. The first-order valence-corrected chi connectivity index (χ1v) is 4.00. The molecule has 0 heterocycles. The molecule has 0 unspecified atom stereocenters. The van der Waals surface area contributed by atoms with Crippen LogP contribution in [0.3, 0.4) is 0 Å². The molecule has 0 aromatic carbocycles. The average molecular weight is 184 g/mol. The first-order valence-electron chi connectivity index (χ1n) is 4.00. The molecule has 0 spiro atoms. The van der Waals surface area contributed by atoms with Crippen molar-refractivity contribution in [2.75, 3.05) is 14.2 Å². The fraction of sp³-hybridized carbons (Fsp3) is 0.625. The fourth-order valence-electron chi connectivity index (χ4n) is 1.18. The lowest BCUT2D eigenvalue weighted by Crippen LogP contribution is -2.25. The van der Waals surface area contributed by atoms with Crippen molar-refractivity contribution in [1.82, 2.24) is 0 Å². The van der Waals surface area contributed by atoms with E-state index in [1.54, 1.807) is 0 Å². The quantitative estimate of drug-likeness (QED) is 0.595. The van der Waals surface area contributed by atoms with Crippen molar-refractivity contribution >= 4 is 17.2 Å². The Balaban J connectivity index is 2.78. The average Bonchev–Trinajstić information content (AvgIpc) is 2.10. The molecule has 0 aliphatic heterocycles. The minimum Gasteiger partial charge on any atom is -0.399 e. The Morgan fingerprint density at radius 1 is 1.08 bits per heavy atom. The Kier molecular flexibility index (Phi) is 3.42. The summed E-state index contributed by atoms with van der Waals surface area (Å²) in [6.07, 6.45) is 1.37. The van der Waals surface area contributed by atoms with Crippen LogP contribution >= 0.6 is 0 Å². The number of rotatable bonds is 2. The number of hydrogen-bond acceptors (Lipinski definition) is 5. The maximum Gasteiger partial charge on any atom is 0.139 e. The first kappa shape index (κ1) is 9.70. The zero-order chi connectivity index (χ0) is 9.68. The third-order valence-corrected chi connectivity index (χ3v) is 1.74. The third kappa shape index (κ3) is 2.54. The van der Waals surface area contributed by atoms with E-state index in [2.05, 4.69) is 20.0 Å². The van der Waals surface area contributed by atoms with Gasteiger partial charge in [-0.1, -0.05) is 10.3 Å². The molecule has 0 amide bonds. The standard InChI is InChI=1S/C8H12N2O3/c1-12-9-7-4-3-6(11)5-8(7)10-13-2/h3-5H2,1-2H3. The summed E-state index contributed by atoms with van der Waals surface area (Å²) in [5.41, 5.74) is 1.27. The molecule has 5 nitrogen and oxygen atoms in total. The van der Waals surface area contributed by atoms with E-state index in [0.717, 1.165) is 0 Å². The maximum absolute atomic E-state index is 11.1. The second-order valence-corrected chi connectivity index (χ2v) is 2.66. The molecule has 0 radical (unpaired) electrons. The van der Waals surface area contributed by atoms with Gasteiger partial charge in [0.2, 0.25) is 0 Å². The van der Waals surface area contributed by atoms with Crippen LogP contribution in [0.1, 0.15) is 19.3 Å². The van der Waals surface area contributed by atoms with Crippen LogP contribution < -0.4 is 0 Å². The van der Waals surface area contributed by atoms with E-state index in [9.17, 15) is 4.79 Å². The van der Waals surface area contributed by atoms with Gasteiger partial charge in [-0.3, -0.25) is 4.79 Å². The van der Waals surface area contributed by atoms with Gasteiger partial charge in [-0.25, -0.2) is 0 Å². The summed E-state index contributed by atoms with van der Waals surface area (Å²) in [5.74, 6) is 0.158. The third-order valence-electron chi connectivity index (χ3n) is 1.74. The van der Waals surface area contributed by atoms with Gasteiger partial charge < -0.3 is 9.68 Å². The minimum atomic E-state index is 0.158. The lowest BCUT2D eigenvalue weighted by Gasteiger charge is -2.12. The number of oxime groups is 2. The van der Waals surface area contributed by atoms with E-state index in [4.69, 9.17) is 0 Å². The zero-order valence-corrected chi connectivity index (χ0v) is 7.74. The molecule has 0 saturated heterocycles. The highest BCUT2D eigenvalue weighted by atomic mass is 16.6. The van der Waals surface area contributed by atoms with Crippen LogP contribution in [0, 0.1) is 0 Å². The van der Waals surface area contributed by atoms with Crippen molar-refractivity contribution in [2.24, 2.45) is 10.3 Å². The predicted octanol–water partition coefficient (Wildman–Crippen LogP) is 0.744. The van der Waals surface area contributed by atoms with E-state index in [1.807, 2.05) is 0 Å². The molecule has 1 fully saturated rings. The minimum absolute atomic E-state index is 0.158. The largest absolute Gasteiger partial charge is 0.399 e. The van der Waals surface area contributed by atoms with Gasteiger partial charge in [0.15, 0.2) is 0 Å². The summed E-state index contributed by atoms with van der Waals surface area (Å²) < 4.78 is 0. The van der Waals surface area contributed by atoms with Crippen LogP contribution in [0.2, 0.25) is 0 Å². The van der Waals surface area contributed by atoms with Gasteiger partial charge in [-0.05, 0) is 0 Å². The van der Waals surface area contributed by atoms with Gasteiger partial charge in [0, 0.05) is 12.8 Å². The van der Waals surface area contributed by atoms with Crippen LogP contribution in [0.5, 0.6) is 0 Å². The number of carbonyl (C=O) groups is 1. The highest BCUT2D eigenvalue weighted by Gasteiger charge is 2.22. The lowest BCUT2D eigenvalue weighted by molar-refractivity contribution is -0.118. The number of hydrogen-bond donors (Lipinski definition) is 0.